The van der Waals surface area contributed by atoms with Crippen LogP contribution in [0, 0.1) is 0 Å². The topological polar surface area (TPSA) is 81.7 Å². The molecular formula is C15H16N6. The summed E-state index contributed by atoms with van der Waals surface area (Å²) in [5.41, 5.74) is 7.83. The molecule has 0 saturated heterocycles. The molecule has 0 fully saturated rings. The zero-order valence-corrected chi connectivity index (χ0v) is 11.6. The van der Waals surface area contributed by atoms with Gasteiger partial charge in [-0.1, -0.05) is 30.3 Å². The number of nitrogens with two attached hydrogens (primary N) is 1. The molecule has 6 nitrogen and oxygen atoms in total. The van der Waals surface area contributed by atoms with Gasteiger partial charge in [-0.2, -0.15) is 0 Å². The van der Waals surface area contributed by atoms with Crippen LogP contribution in [0.4, 0.5) is 11.5 Å². The number of hydrogen-bond donors (Lipinski definition) is 2. The molecule has 0 spiro atoms. The Morgan fingerprint density at radius 3 is 2.71 bits per heavy atom. The zero-order valence-electron chi connectivity index (χ0n) is 11.6. The molecule has 0 amide bonds. The molecule has 3 rings (SSSR count). The molecule has 0 aliphatic rings. The smallest absolute Gasteiger partial charge is 0.166 e. The van der Waals surface area contributed by atoms with Gasteiger partial charge in [-0.25, -0.2) is 15.0 Å². The Morgan fingerprint density at radius 1 is 1.19 bits per heavy atom. The lowest BCUT2D eigenvalue weighted by atomic mass is 10.1. The summed E-state index contributed by atoms with van der Waals surface area (Å²) < 4.78 is 1.76. The Labute approximate surface area is 122 Å². The maximum absolute atomic E-state index is 6.16. The van der Waals surface area contributed by atoms with Gasteiger partial charge in [0.25, 0.3) is 0 Å². The normalized spacial score (nSPS) is 12.0. The Morgan fingerprint density at radius 2 is 2.00 bits per heavy atom. The Hall–Kier alpha value is -2.89. The molecule has 0 aliphatic heterocycles. The maximum Gasteiger partial charge on any atom is 0.166 e. The molecule has 3 N–H and O–H groups in total. The van der Waals surface area contributed by atoms with Gasteiger partial charge in [0.15, 0.2) is 11.6 Å². The van der Waals surface area contributed by atoms with Gasteiger partial charge in [0.2, 0.25) is 0 Å². The summed E-state index contributed by atoms with van der Waals surface area (Å²) in [7, 11) is 0. The van der Waals surface area contributed by atoms with Gasteiger partial charge in [0, 0.05) is 12.4 Å². The number of aromatic nitrogens is 4. The molecule has 3 aromatic rings. The van der Waals surface area contributed by atoms with Crippen molar-refractivity contribution < 1.29 is 0 Å². The molecule has 0 aliphatic carbocycles. The van der Waals surface area contributed by atoms with E-state index in [1.54, 1.807) is 23.3 Å². The van der Waals surface area contributed by atoms with Crippen molar-refractivity contribution >= 4 is 11.5 Å². The minimum absolute atomic E-state index is 0.0963. The minimum atomic E-state index is 0.0963. The van der Waals surface area contributed by atoms with E-state index >= 15 is 0 Å². The van der Waals surface area contributed by atoms with Crippen LogP contribution in [0.5, 0.6) is 0 Å². The number of nitrogen functional groups attached to an aromatic ring is 1. The number of rotatable bonds is 4. The van der Waals surface area contributed by atoms with Crippen LogP contribution in [0.3, 0.4) is 0 Å². The number of benzene rings is 1. The van der Waals surface area contributed by atoms with Crippen molar-refractivity contribution in [3.05, 3.63) is 60.9 Å². The molecule has 2 aromatic heterocycles. The number of nitrogens with zero attached hydrogens (tertiary/aromatic N) is 4. The minimum Gasteiger partial charge on any atom is -0.393 e. The molecule has 0 radical (unpaired) electrons. The van der Waals surface area contributed by atoms with E-state index in [0.29, 0.717) is 17.3 Å². The highest BCUT2D eigenvalue weighted by Crippen LogP contribution is 2.25. The molecule has 0 saturated carbocycles. The summed E-state index contributed by atoms with van der Waals surface area (Å²) in [5, 5.41) is 3.32. The third kappa shape index (κ3) is 2.69. The van der Waals surface area contributed by atoms with E-state index in [0.717, 1.165) is 0 Å². The lowest BCUT2D eigenvalue weighted by Gasteiger charge is -2.17. The number of hydrogen-bond acceptors (Lipinski definition) is 5. The monoisotopic (exact) mass is 280 g/mol. The van der Waals surface area contributed by atoms with Crippen molar-refractivity contribution in [2.45, 2.75) is 13.0 Å². The van der Waals surface area contributed by atoms with Crippen LogP contribution < -0.4 is 11.1 Å². The van der Waals surface area contributed by atoms with Gasteiger partial charge in [-0.3, -0.25) is 4.57 Å². The predicted octanol–water partition coefficient (Wildman–Crippen LogP) is 2.42. The number of nitrogens with one attached hydrogen (secondary N) is 1. The fourth-order valence-electron chi connectivity index (χ4n) is 2.12. The quantitative estimate of drug-likeness (QED) is 0.767. The Balaban J connectivity index is 1.88. The van der Waals surface area contributed by atoms with Gasteiger partial charge >= 0.3 is 0 Å². The van der Waals surface area contributed by atoms with Crippen LogP contribution in [0.1, 0.15) is 18.5 Å². The van der Waals surface area contributed by atoms with Crippen molar-refractivity contribution in [3.8, 4) is 5.82 Å². The van der Waals surface area contributed by atoms with E-state index in [2.05, 4.69) is 39.3 Å². The molecular weight excluding hydrogens is 264 g/mol. The summed E-state index contributed by atoms with van der Waals surface area (Å²) in [6.45, 7) is 2.06. The second-order valence-electron chi connectivity index (χ2n) is 4.71. The Kier molecular flexibility index (Phi) is 3.51. The SMILES string of the molecule is CC(Nc1ncnc(-n2ccnc2)c1N)c1ccccc1. The van der Waals surface area contributed by atoms with E-state index in [1.165, 1.54) is 11.9 Å². The third-order valence-corrected chi connectivity index (χ3v) is 3.26. The Bertz CT molecular complexity index is 708. The van der Waals surface area contributed by atoms with Crippen LogP contribution in [0.2, 0.25) is 0 Å². The average Bonchev–Trinajstić information content (AvgIpc) is 3.04. The summed E-state index contributed by atoms with van der Waals surface area (Å²) >= 11 is 0. The third-order valence-electron chi connectivity index (χ3n) is 3.26. The molecule has 1 unspecified atom stereocenters. The largest absolute Gasteiger partial charge is 0.393 e. The van der Waals surface area contributed by atoms with Gasteiger partial charge in [-0.05, 0) is 12.5 Å². The first-order chi connectivity index (χ1) is 10.3. The maximum atomic E-state index is 6.16. The lowest BCUT2D eigenvalue weighted by Crippen LogP contribution is -2.12. The second-order valence-corrected chi connectivity index (χ2v) is 4.71. The van der Waals surface area contributed by atoms with Crippen molar-refractivity contribution in [3.63, 3.8) is 0 Å². The average molecular weight is 280 g/mol. The number of imidazole rings is 1. The molecule has 6 heteroatoms. The van der Waals surface area contributed by atoms with Crippen molar-refractivity contribution in [1.82, 2.24) is 19.5 Å². The van der Waals surface area contributed by atoms with Crippen LogP contribution >= 0.6 is 0 Å². The summed E-state index contributed by atoms with van der Waals surface area (Å²) in [6.07, 6.45) is 6.62. The molecule has 106 valence electrons. The highest BCUT2D eigenvalue weighted by Gasteiger charge is 2.12. The van der Waals surface area contributed by atoms with E-state index in [9.17, 15) is 0 Å². The lowest BCUT2D eigenvalue weighted by molar-refractivity contribution is 0.869. The van der Waals surface area contributed by atoms with Crippen LogP contribution in [-0.2, 0) is 0 Å². The second kappa shape index (κ2) is 5.62. The summed E-state index contributed by atoms with van der Waals surface area (Å²) in [4.78, 5) is 12.4. The first kappa shape index (κ1) is 13.1. The van der Waals surface area contributed by atoms with E-state index < -0.39 is 0 Å². The molecule has 0 bridgehead atoms. The zero-order chi connectivity index (χ0) is 14.7. The fraction of sp³-hybridized carbons (Fsp3) is 0.133. The van der Waals surface area contributed by atoms with Gasteiger partial charge < -0.3 is 11.1 Å². The van der Waals surface area contributed by atoms with Crippen molar-refractivity contribution in [2.75, 3.05) is 11.1 Å². The predicted molar refractivity (Wildman–Crippen MR) is 82.0 cm³/mol. The van der Waals surface area contributed by atoms with E-state index in [4.69, 9.17) is 5.73 Å². The van der Waals surface area contributed by atoms with Crippen molar-refractivity contribution in [2.24, 2.45) is 0 Å². The first-order valence-corrected chi connectivity index (χ1v) is 6.66. The highest BCUT2D eigenvalue weighted by molar-refractivity contribution is 5.69. The standard InChI is InChI=1S/C15H16N6/c1-11(12-5-3-2-4-6-12)20-14-13(16)15(19-9-18-14)21-8-7-17-10-21/h2-11H,16H2,1H3,(H,18,19,20). The van der Waals surface area contributed by atoms with Crippen LogP contribution in [-0.4, -0.2) is 19.5 Å². The summed E-state index contributed by atoms with van der Waals surface area (Å²) in [5.74, 6) is 1.23. The first-order valence-electron chi connectivity index (χ1n) is 6.66. The van der Waals surface area contributed by atoms with Crippen molar-refractivity contribution in [1.29, 1.82) is 0 Å². The van der Waals surface area contributed by atoms with Gasteiger partial charge in [-0.15, -0.1) is 0 Å². The fourth-order valence-corrected chi connectivity index (χ4v) is 2.12. The highest BCUT2D eigenvalue weighted by atomic mass is 15.1. The molecule has 2 heterocycles. The van der Waals surface area contributed by atoms with Gasteiger partial charge in [0.1, 0.15) is 18.3 Å². The van der Waals surface area contributed by atoms with E-state index in [1.807, 2.05) is 18.2 Å². The van der Waals surface area contributed by atoms with Gasteiger partial charge in [0.05, 0.1) is 6.04 Å². The number of anilines is 2. The van der Waals surface area contributed by atoms with Crippen LogP contribution in [0.15, 0.2) is 55.4 Å². The molecule has 1 aromatic carbocycles. The molecule has 1 atom stereocenters. The summed E-state index contributed by atoms with van der Waals surface area (Å²) in [6, 6.07) is 10.2. The van der Waals surface area contributed by atoms with E-state index in [-0.39, 0.29) is 6.04 Å². The van der Waals surface area contributed by atoms with Crippen LogP contribution in [0.25, 0.3) is 5.82 Å². The molecule has 21 heavy (non-hydrogen) atoms.